The van der Waals surface area contributed by atoms with Crippen molar-refractivity contribution < 1.29 is 14.0 Å². The molecular formula is C15H27FN2O2. The predicted molar refractivity (Wildman–Crippen MR) is 76.7 cm³/mol. The molecule has 0 aromatic heterocycles. The molecule has 116 valence electrons. The van der Waals surface area contributed by atoms with E-state index in [1.165, 1.54) is 0 Å². The van der Waals surface area contributed by atoms with E-state index in [4.69, 9.17) is 15.5 Å². The van der Waals surface area contributed by atoms with Crippen molar-refractivity contribution in [3.05, 3.63) is 11.9 Å². The SMILES string of the molecule is CC1CCN(CCCOC2CC=C(F)CC2)CC1ON. The zero-order valence-electron chi connectivity index (χ0n) is 12.4. The lowest BCUT2D eigenvalue weighted by Crippen LogP contribution is -2.45. The smallest absolute Gasteiger partial charge is 0.0961 e. The molecule has 4 nitrogen and oxygen atoms in total. The molecule has 0 aromatic carbocycles. The van der Waals surface area contributed by atoms with Crippen molar-refractivity contribution >= 4 is 0 Å². The van der Waals surface area contributed by atoms with E-state index in [0.717, 1.165) is 51.9 Å². The fraction of sp³-hybridized carbons (Fsp3) is 0.867. The summed E-state index contributed by atoms with van der Waals surface area (Å²) in [6, 6.07) is 0. The molecule has 1 heterocycles. The quantitative estimate of drug-likeness (QED) is 0.601. The van der Waals surface area contributed by atoms with Crippen molar-refractivity contribution in [2.24, 2.45) is 11.8 Å². The van der Waals surface area contributed by atoms with Gasteiger partial charge in [0.1, 0.15) is 0 Å². The van der Waals surface area contributed by atoms with E-state index >= 15 is 0 Å². The molecule has 20 heavy (non-hydrogen) atoms. The molecule has 2 N–H and O–H groups in total. The second-order valence-corrected chi connectivity index (χ2v) is 6.01. The lowest BCUT2D eigenvalue weighted by atomic mass is 9.96. The molecule has 0 spiro atoms. The highest BCUT2D eigenvalue weighted by molar-refractivity contribution is 4.98. The van der Waals surface area contributed by atoms with Gasteiger partial charge < -0.3 is 9.64 Å². The Morgan fingerprint density at radius 1 is 1.45 bits per heavy atom. The highest BCUT2D eigenvalue weighted by Gasteiger charge is 2.26. The maximum atomic E-state index is 12.9. The molecule has 0 saturated carbocycles. The Balaban J connectivity index is 1.57. The Labute approximate surface area is 121 Å². The van der Waals surface area contributed by atoms with Crippen LogP contribution in [0.4, 0.5) is 4.39 Å². The number of allylic oxidation sites excluding steroid dienone is 1. The van der Waals surface area contributed by atoms with Crippen LogP contribution >= 0.6 is 0 Å². The van der Waals surface area contributed by atoms with Gasteiger partial charge in [0.25, 0.3) is 0 Å². The summed E-state index contributed by atoms with van der Waals surface area (Å²) in [7, 11) is 0. The number of nitrogens with zero attached hydrogens (tertiary/aromatic N) is 1. The standard InChI is InChI=1S/C15H27FN2O2/c1-12-7-9-18(11-15(12)20-17)8-2-10-19-14-5-3-13(16)4-6-14/h3,12,14-15H,2,4-11,17H2,1H3. The first-order chi connectivity index (χ1) is 9.69. The van der Waals surface area contributed by atoms with Gasteiger partial charge in [-0.15, -0.1) is 0 Å². The molecule has 0 amide bonds. The fourth-order valence-corrected chi connectivity index (χ4v) is 2.95. The van der Waals surface area contributed by atoms with Gasteiger partial charge in [0, 0.05) is 26.1 Å². The number of piperidine rings is 1. The number of ether oxygens (including phenoxy) is 1. The third kappa shape index (κ3) is 4.81. The first-order valence-electron chi connectivity index (χ1n) is 7.73. The van der Waals surface area contributed by atoms with E-state index in [-0.39, 0.29) is 18.0 Å². The van der Waals surface area contributed by atoms with E-state index in [0.29, 0.717) is 12.3 Å². The van der Waals surface area contributed by atoms with Gasteiger partial charge in [-0.25, -0.2) is 10.3 Å². The summed E-state index contributed by atoms with van der Waals surface area (Å²) in [4.78, 5) is 7.42. The van der Waals surface area contributed by atoms with Gasteiger partial charge in [0.2, 0.25) is 0 Å². The average molecular weight is 286 g/mol. The van der Waals surface area contributed by atoms with Crippen LogP contribution in [0, 0.1) is 5.92 Å². The van der Waals surface area contributed by atoms with Crippen molar-refractivity contribution in [1.29, 1.82) is 0 Å². The maximum absolute atomic E-state index is 12.9. The van der Waals surface area contributed by atoms with Crippen LogP contribution in [0.5, 0.6) is 0 Å². The Morgan fingerprint density at radius 3 is 3.00 bits per heavy atom. The van der Waals surface area contributed by atoms with E-state index in [2.05, 4.69) is 11.8 Å². The van der Waals surface area contributed by atoms with Crippen LogP contribution in [0.3, 0.4) is 0 Å². The summed E-state index contributed by atoms with van der Waals surface area (Å²) in [5, 5.41) is 0. The van der Waals surface area contributed by atoms with Crippen LogP contribution in [-0.4, -0.2) is 43.3 Å². The van der Waals surface area contributed by atoms with Crippen LogP contribution in [0.1, 0.15) is 39.0 Å². The molecule has 3 atom stereocenters. The summed E-state index contributed by atoms with van der Waals surface area (Å²) >= 11 is 0. The van der Waals surface area contributed by atoms with E-state index in [1.54, 1.807) is 6.08 Å². The van der Waals surface area contributed by atoms with Gasteiger partial charge in [0.15, 0.2) is 0 Å². The molecule has 2 rings (SSSR count). The molecule has 1 saturated heterocycles. The zero-order chi connectivity index (χ0) is 14.4. The molecule has 5 heteroatoms. The maximum Gasteiger partial charge on any atom is 0.0961 e. The highest BCUT2D eigenvalue weighted by atomic mass is 19.1. The largest absolute Gasteiger partial charge is 0.378 e. The molecule has 3 unspecified atom stereocenters. The topological polar surface area (TPSA) is 47.7 Å². The number of hydrogen-bond acceptors (Lipinski definition) is 4. The third-order valence-corrected chi connectivity index (χ3v) is 4.43. The van der Waals surface area contributed by atoms with Gasteiger partial charge in [0.05, 0.1) is 18.0 Å². The Morgan fingerprint density at radius 2 is 2.30 bits per heavy atom. The average Bonchev–Trinajstić information content (AvgIpc) is 2.47. The Bertz CT molecular complexity index is 325. The van der Waals surface area contributed by atoms with E-state index in [9.17, 15) is 4.39 Å². The summed E-state index contributed by atoms with van der Waals surface area (Å²) in [6.45, 7) is 5.98. The minimum Gasteiger partial charge on any atom is -0.378 e. The summed E-state index contributed by atoms with van der Waals surface area (Å²) in [6.07, 6.45) is 6.22. The number of likely N-dealkylation sites (tertiary alicyclic amines) is 1. The van der Waals surface area contributed by atoms with Crippen LogP contribution in [0.2, 0.25) is 0 Å². The zero-order valence-corrected chi connectivity index (χ0v) is 12.4. The van der Waals surface area contributed by atoms with Crippen molar-refractivity contribution in [2.45, 2.75) is 51.2 Å². The number of hydrogen-bond donors (Lipinski definition) is 1. The monoisotopic (exact) mass is 286 g/mol. The first kappa shape index (κ1) is 15.9. The molecule has 0 bridgehead atoms. The van der Waals surface area contributed by atoms with Gasteiger partial charge in [-0.1, -0.05) is 13.0 Å². The van der Waals surface area contributed by atoms with E-state index < -0.39 is 0 Å². The molecule has 1 aliphatic carbocycles. The van der Waals surface area contributed by atoms with Gasteiger partial charge in [-0.05, 0) is 38.1 Å². The number of halogens is 1. The van der Waals surface area contributed by atoms with Crippen LogP contribution in [0.15, 0.2) is 11.9 Å². The van der Waals surface area contributed by atoms with Crippen molar-refractivity contribution in [3.8, 4) is 0 Å². The number of rotatable bonds is 6. The minimum absolute atomic E-state index is 0.0140. The molecule has 0 radical (unpaired) electrons. The van der Waals surface area contributed by atoms with Gasteiger partial charge in [-0.2, -0.15) is 0 Å². The summed E-state index contributed by atoms with van der Waals surface area (Å²) in [5.74, 6) is 5.88. The lowest BCUT2D eigenvalue weighted by molar-refractivity contribution is -0.0369. The first-order valence-corrected chi connectivity index (χ1v) is 7.73. The number of nitrogens with two attached hydrogens (primary N) is 1. The normalized spacial score (nSPS) is 32.1. The molecule has 1 aliphatic heterocycles. The van der Waals surface area contributed by atoms with Crippen LogP contribution in [0.25, 0.3) is 0 Å². The lowest BCUT2D eigenvalue weighted by Gasteiger charge is -2.35. The van der Waals surface area contributed by atoms with Crippen LogP contribution < -0.4 is 5.90 Å². The van der Waals surface area contributed by atoms with Crippen molar-refractivity contribution in [2.75, 3.05) is 26.2 Å². The highest BCUT2D eigenvalue weighted by Crippen LogP contribution is 2.22. The molecule has 1 fully saturated rings. The van der Waals surface area contributed by atoms with Gasteiger partial charge in [-0.3, -0.25) is 4.84 Å². The fourth-order valence-electron chi connectivity index (χ4n) is 2.95. The second-order valence-electron chi connectivity index (χ2n) is 6.01. The second kappa shape index (κ2) is 8.08. The summed E-state index contributed by atoms with van der Waals surface area (Å²) in [5.41, 5.74) is 0. The van der Waals surface area contributed by atoms with Crippen molar-refractivity contribution in [1.82, 2.24) is 4.90 Å². The van der Waals surface area contributed by atoms with Crippen molar-refractivity contribution in [3.63, 3.8) is 0 Å². The van der Waals surface area contributed by atoms with Crippen LogP contribution in [-0.2, 0) is 9.57 Å². The molecule has 2 aliphatic rings. The third-order valence-electron chi connectivity index (χ3n) is 4.43. The minimum atomic E-state index is 0.0140. The molecule has 0 aromatic rings. The predicted octanol–water partition coefficient (Wildman–Crippen LogP) is 2.40. The molecular weight excluding hydrogens is 259 g/mol. The Hall–Kier alpha value is -0.490. The van der Waals surface area contributed by atoms with Gasteiger partial charge >= 0.3 is 0 Å². The summed E-state index contributed by atoms with van der Waals surface area (Å²) < 4.78 is 18.7. The Kier molecular flexibility index (Phi) is 6.42. The van der Waals surface area contributed by atoms with E-state index in [1.807, 2.05) is 0 Å².